The van der Waals surface area contributed by atoms with Crippen molar-refractivity contribution in [2.24, 2.45) is 0 Å². The molecule has 0 aliphatic carbocycles. The molecular formula is C15H15NO4S. The fraction of sp³-hybridized carbons (Fsp3) is 0.200. The minimum Gasteiger partial charge on any atom is -0.508 e. The number of carbonyl (C=O) groups excluding carboxylic acids is 1. The third-order valence-electron chi connectivity index (χ3n) is 2.95. The molecular weight excluding hydrogens is 290 g/mol. The molecule has 0 bridgehead atoms. The Morgan fingerprint density at radius 3 is 2.43 bits per heavy atom. The first-order chi connectivity index (χ1) is 10.0. The second kappa shape index (κ2) is 6.90. The lowest BCUT2D eigenvalue weighted by Gasteiger charge is -2.14. The molecule has 0 unspecified atom stereocenters. The molecule has 1 atom stereocenters. The highest BCUT2D eigenvalue weighted by Crippen LogP contribution is 2.12. The van der Waals surface area contributed by atoms with Crippen molar-refractivity contribution in [3.05, 3.63) is 52.2 Å². The number of hydrogen-bond donors (Lipinski definition) is 3. The smallest absolute Gasteiger partial charge is 0.326 e. The average molecular weight is 305 g/mol. The summed E-state index contributed by atoms with van der Waals surface area (Å²) in [5.74, 6) is -1.28. The number of hydrogen-bond acceptors (Lipinski definition) is 4. The van der Waals surface area contributed by atoms with E-state index in [2.05, 4.69) is 5.32 Å². The van der Waals surface area contributed by atoms with E-state index in [1.807, 2.05) is 16.8 Å². The van der Waals surface area contributed by atoms with Gasteiger partial charge in [0.2, 0.25) is 5.91 Å². The minimum atomic E-state index is -1.08. The normalized spacial score (nSPS) is 11.8. The summed E-state index contributed by atoms with van der Waals surface area (Å²) in [5.41, 5.74) is 1.60. The molecule has 21 heavy (non-hydrogen) atoms. The number of phenolic OH excluding ortho intramolecular Hbond substituents is 1. The largest absolute Gasteiger partial charge is 0.508 e. The van der Waals surface area contributed by atoms with Crippen LogP contribution in [0.1, 0.15) is 11.1 Å². The Kier molecular flexibility index (Phi) is 4.94. The zero-order valence-corrected chi connectivity index (χ0v) is 12.0. The Hall–Kier alpha value is -2.34. The molecule has 0 radical (unpaired) electrons. The molecule has 0 aliphatic heterocycles. The highest BCUT2D eigenvalue weighted by Gasteiger charge is 2.20. The van der Waals surface area contributed by atoms with Crippen molar-refractivity contribution < 1.29 is 19.8 Å². The van der Waals surface area contributed by atoms with Crippen LogP contribution in [0.5, 0.6) is 5.75 Å². The number of carboxylic acids is 1. The molecule has 5 nitrogen and oxygen atoms in total. The lowest BCUT2D eigenvalue weighted by Crippen LogP contribution is -2.42. The molecule has 110 valence electrons. The van der Waals surface area contributed by atoms with Gasteiger partial charge in [-0.1, -0.05) is 12.1 Å². The van der Waals surface area contributed by atoms with Crippen molar-refractivity contribution in [3.8, 4) is 5.75 Å². The number of nitrogens with one attached hydrogen (secondary N) is 1. The second-order valence-corrected chi connectivity index (χ2v) is 5.42. The summed E-state index contributed by atoms with van der Waals surface area (Å²) in [6.07, 6.45) is 0.341. The van der Waals surface area contributed by atoms with Crippen LogP contribution in [0.4, 0.5) is 0 Å². The molecule has 0 saturated heterocycles. The number of aromatic hydroxyl groups is 1. The van der Waals surface area contributed by atoms with Crippen molar-refractivity contribution in [2.75, 3.05) is 0 Å². The van der Waals surface area contributed by atoms with Gasteiger partial charge in [-0.15, -0.1) is 0 Å². The van der Waals surface area contributed by atoms with Crippen LogP contribution in [0.15, 0.2) is 41.1 Å². The third kappa shape index (κ3) is 4.61. The number of benzene rings is 1. The summed E-state index contributed by atoms with van der Waals surface area (Å²) in [4.78, 5) is 23.1. The molecule has 1 amide bonds. The summed E-state index contributed by atoms with van der Waals surface area (Å²) < 4.78 is 0. The van der Waals surface area contributed by atoms with Gasteiger partial charge < -0.3 is 15.5 Å². The monoisotopic (exact) mass is 305 g/mol. The number of rotatable bonds is 6. The first kappa shape index (κ1) is 15.1. The number of aliphatic carboxylic acids is 1. The summed E-state index contributed by atoms with van der Waals surface area (Å²) in [5, 5.41) is 24.7. The van der Waals surface area contributed by atoms with Crippen LogP contribution in [0.2, 0.25) is 0 Å². The molecule has 1 aromatic heterocycles. The van der Waals surface area contributed by atoms with Gasteiger partial charge in [0.25, 0.3) is 0 Å². The van der Waals surface area contributed by atoms with Crippen molar-refractivity contribution in [1.29, 1.82) is 0 Å². The van der Waals surface area contributed by atoms with Gasteiger partial charge in [-0.2, -0.15) is 11.3 Å². The number of amides is 1. The van der Waals surface area contributed by atoms with Gasteiger partial charge in [0.1, 0.15) is 11.8 Å². The first-order valence-corrected chi connectivity index (χ1v) is 7.30. The molecule has 2 aromatic rings. The zero-order chi connectivity index (χ0) is 15.2. The highest BCUT2D eigenvalue weighted by atomic mass is 32.1. The molecule has 0 saturated carbocycles. The van der Waals surface area contributed by atoms with Crippen LogP contribution in [-0.2, 0) is 22.4 Å². The maximum atomic E-state index is 11.9. The van der Waals surface area contributed by atoms with Gasteiger partial charge in [-0.3, -0.25) is 4.79 Å². The summed E-state index contributed by atoms with van der Waals surface area (Å²) in [7, 11) is 0. The van der Waals surface area contributed by atoms with E-state index >= 15 is 0 Å². The van der Waals surface area contributed by atoms with Crippen molar-refractivity contribution in [1.82, 2.24) is 5.32 Å². The molecule has 3 N–H and O–H groups in total. The van der Waals surface area contributed by atoms with Crippen LogP contribution in [-0.4, -0.2) is 28.1 Å². The van der Waals surface area contributed by atoms with E-state index in [-0.39, 0.29) is 24.5 Å². The maximum absolute atomic E-state index is 11.9. The lowest BCUT2D eigenvalue weighted by molar-refractivity contribution is -0.141. The van der Waals surface area contributed by atoms with Gasteiger partial charge in [0, 0.05) is 6.42 Å². The zero-order valence-electron chi connectivity index (χ0n) is 11.2. The van der Waals surface area contributed by atoms with E-state index in [9.17, 15) is 19.8 Å². The Morgan fingerprint density at radius 1 is 1.14 bits per heavy atom. The Labute approximate surface area is 125 Å². The van der Waals surface area contributed by atoms with Crippen molar-refractivity contribution >= 4 is 23.2 Å². The molecule has 0 spiro atoms. The third-order valence-corrected chi connectivity index (χ3v) is 3.69. The summed E-state index contributed by atoms with van der Waals surface area (Å²) >= 11 is 1.49. The quantitative estimate of drug-likeness (QED) is 0.759. The summed E-state index contributed by atoms with van der Waals surface area (Å²) in [6.45, 7) is 0. The van der Waals surface area contributed by atoms with E-state index in [1.54, 1.807) is 12.1 Å². The van der Waals surface area contributed by atoms with E-state index in [4.69, 9.17) is 0 Å². The molecule has 0 fully saturated rings. The molecule has 1 heterocycles. The van der Waals surface area contributed by atoms with Gasteiger partial charge in [0.15, 0.2) is 0 Å². The second-order valence-electron chi connectivity index (χ2n) is 4.64. The molecule has 6 heteroatoms. The van der Waals surface area contributed by atoms with Crippen LogP contribution in [0, 0.1) is 0 Å². The highest BCUT2D eigenvalue weighted by molar-refractivity contribution is 7.07. The SMILES string of the molecule is O=C(Cc1ccsc1)N[C@H](Cc1ccc(O)cc1)C(=O)O. The number of thiophene rings is 1. The number of carbonyl (C=O) groups is 2. The maximum Gasteiger partial charge on any atom is 0.326 e. The standard InChI is InChI=1S/C15H15NO4S/c17-12-3-1-10(2-4-12)7-13(15(19)20)16-14(18)8-11-5-6-21-9-11/h1-6,9,13,17H,7-8H2,(H,16,18)(H,19,20)/t13-/m1/s1. The van der Waals surface area contributed by atoms with E-state index in [0.717, 1.165) is 11.1 Å². The van der Waals surface area contributed by atoms with E-state index in [1.165, 1.54) is 23.5 Å². The van der Waals surface area contributed by atoms with E-state index < -0.39 is 12.0 Å². The number of carboxylic acid groups (broad SMARTS) is 1. The van der Waals surface area contributed by atoms with Gasteiger partial charge in [-0.25, -0.2) is 4.79 Å². The fourth-order valence-corrected chi connectivity index (χ4v) is 2.56. The van der Waals surface area contributed by atoms with Crippen LogP contribution in [0.25, 0.3) is 0 Å². The predicted octanol–water partition coefficient (Wildman–Crippen LogP) is 1.81. The Balaban J connectivity index is 1.97. The fourth-order valence-electron chi connectivity index (χ4n) is 1.89. The van der Waals surface area contributed by atoms with Gasteiger partial charge in [0.05, 0.1) is 6.42 Å². The minimum absolute atomic E-state index is 0.118. The van der Waals surface area contributed by atoms with Crippen molar-refractivity contribution in [2.45, 2.75) is 18.9 Å². The topological polar surface area (TPSA) is 86.6 Å². The van der Waals surface area contributed by atoms with Crippen LogP contribution < -0.4 is 5.32 Å². The lowest BCUT2D eigenvalue weighted by atomic mass is 10.1. The van der Waals surface area contributed by atoms with Gasteiger partial charge >= 0.3 is 5.97 Å². The predicted molar refractivity (Wildman–Crippen MR) is 79.4 cm³/mol. The van der Waals surface area contributed by atoms with Crippen molar-refractivity contribution in [3.63, 3.8) is 0 Å². The first-order valence-electron chi connectivity index (χ1n) is 6.36. The summed E-state index contributed by atoms with van der Waals surface area (Å²) in [6, 6.07) is 7.09. The van der Waals surface area contributed by atoms with Crippen LogP contribution >= 0.6 is 11.3 Å². The number of phenols is 1. The molecule has 0 aliphatic rings. The Bertz CT molecular complexity index is 607. The molecule has 1 aromatic carbocycles. The average Bonchev–Trinajstić information content (AvgIpc) is 2.93. The van der Waals surface area contributed by atoms with E-state index in [0.29, 0.717) is 0 Å². The van der Waals surface area contributed by atoms with Gasteiger partial charge in [-0.05, 0) is 40.1 Å². The molecule has 2 rings (SSSR count). The Morgan fingerprint density at radius 2 is 1.86 bits per heavy atom. The van der Waals surface area contributed by atoms with Crippen LogP contribution in [0.3, 0.4) is 0 Å².